The molecular weight excluding hydrogens is 259 g/mol. The molecule has 1 rings (SSSR count). The number of hydrogen-bond acceptors (Lipinski definition) is 0. The van der Waals surface area contributed by atoms with Gasteiger partial charge in [-0.3, -0.25) is 0 Å². The van der Waals surface area contributed by atoms with Gasteiger partial charge >= 0.3 is 0 Å². The van der Waals surface area contributed by atoms with E-state index in [9.17, 15) is 13.2 Å². The molecule has 0 fully saturated rings. The van der Waals surface area contributed by atoms with Crippen LogP contribution in [0.5, 0.6) is 0 Å². The van der Waals surface area contributed by atoms with Crippen molar-refractivity contribution in [1.29, 1.82) is 0 Å². The molecule has 0 aliphatic carbocycles. The van der Waals surface area contributed by atoms with Crippen LogP contribution in [0, 0.1) is 12.7 Å². The van der Waals surface area contributed by atoms with Gasteiger partial charge in [0.25, 0.3) is 6.43 Å². The Morgan fingerprint density at radius 2 is 1.50 bits per heavy atom. The van der Waals surface area contributed by atoms with Crippen molar-refractivity contribution in [2.24, 2.45) is 0 Å². The maximum absolute atomic E-state index is 13.2. The summed E-state index contributed by atoms with van der Waals surface area (Å²) in [6.07, 6.45) is -3.04. The molecule has 0 saturated heterocycles. The lowest BCUT2D eigenvalue weighted by Crippen LogP contribution is -1.97. The van der Waals surface area contributed by atoms with Crippen molar-refractivity contribution in [3.8, 4) is 0 Å². The number of halogens is 6. The molecule has 0 aliphatic rings. The minimum absolute atomic E-state index is 0.145. The lowest BCUT2D eigenvalue weighted by molar-refractivity contribution is 0.146. The quantitative estimate of drug-likeness (QED) is 0.623. The van der Waals surface area contributed by atoms with Crippen LogP contribution in [0.3, 0.4) is 0 Å². The first-order chi connectivity index (χ1) is 6.37. The van der Waals surface area contributed by atoms with Gasteiger partial charge in [-0.1, -0.05) is 34.8 Å². The maximum Gasteiger partial charge on any atom is 0.268 e. The molecule has 0 amide bonds. The monoisotopic (exact) mass is 262 g/mol. The third-order valence-electron chi connectivity index (χ3n) is 1.74. The zero-order valence-electron chi connectivity index (χ0n) is 6.85. The van der Waals surface area contributed by atoms with Crippen molar-refractivity contribution in [2.75, 3.05) is 0 Å². The van der Waals surface area contributed by atoms with Crippen LogP contribution in [0.4, 0.5) is 13.2 Å². The molecule has 0 nitrogen and oxygen atoms in total. The van der Waals surface area contributed by atoms with Crippen molar-refractivity contribution < 1.29 is 13.2 Å². The van der Waals surface area contributed by atoms with E-state index in [-0.39, 0.29) is 10.6 Å². The van der Waals surface area contributed by atoms with Crippen LogP contribution in [-0.4, -0.2) is 0 Å². The fourth-order valence-electron chi connectivity index (χ4n) is 0.950. The van der Waals surface area contributed by atoms with Crippen molar-refractivity contribution in [3.63, 3.8) is 0 Å². The Labute approximate surface area is 93.6 Å². The SMILES string of the molecule is Cc1c(Cl)c(F)c(C(F)F)c(Cl)c1Cl. The number of rotatable bonds is 1. The first-order valence-corrected chi connectivity index (χ1v) is 4.61. The highest BCUT2D eigenvalue weighted by Gasteiger charge is 2.24. The summed E-state index contributed by atoms with van der Waals surface area (Å²) in [5, 5.41) is -1.05. The fraction of sp³-hybridized carbons (Fsp3) is 0.250. The van der Waals surface area contributed by atoms with E-state index in [0.29, 0.717) is 0 Å². The zero-order chi connectivity index (χ0) is 11.0. The van der Waals surface area contributed by atoms with E-state index in [4.69, 9.17) is 34.8 Å². The van der Waals surface area contributed by atoms with E-state index in [1.807, 2.05) is 0 Å². The van der Waals surface area contributed by atoms with Crippen LogP contribution < -0.4 is 0 Å². The summed E-state index contributed by atoms with van der Waals surface area (Å²) in [6, 6.07) is 0. The van der Waals surface area contributed by atoms with Crippen LogP contribution in [0.1, 0.15) is 17.6 Å². The zero-order valence-corrected chi connectivity index (χ0v) is 9.11. The number of hydrogen-bond donors (Lipinski definition) is 0. The van der Waals surface area contributed by atoms with Gasteiger partial charge in [-0.25, -0.2) is 13.2 Å². The topological polar surface area (TPSA) is 0 Å². The van der Waals surface area contributed by atoms with E-state index in [1.165, 1.54) is 6.92 Å². The Morgan fingerprint density at radius 3 is 1.93 bits per heavy atom. The van der Waals surface area contributed by atoms with Gasteiger partial charge in [-0.2, -0.15) is 0 Å². The van der Waals surface area contributed by atoms with Gasteiger partial charge in [-0.05, 0) is 12.5 Å². The number of alkyl halides is 2. The van der Waals surface area contributed by atoms with Crippen molar-refractivity contribution in [1.82, 2.24) is 0 Å². The molecule has 0 aliphatic heterocycles. The van der Waals surface area contributed by atoms with Crippen molar-refractivity contribution >= 4 is 34.8 Å². The van der Waals surface area contributed by atoms with E-state index < -0.39 is 27.9 Å². The molecule has 0 bridgehead atoms. The summed E-state index contributed by atoms with van der Waals surface area (Å²) in [6.45, 7) is 1.40. The molecule has 0 radical (unpaired) electrons. The van der Waals surface area contributed by atoms with Gasteiger partial charge in [0.05, 0.1) is 20.6 Å². The van der Waals surface area contributed by atoms with Gasteiger partial charge in [0, 0.05) is 0 Å². The lowest BCUT2D eigenvalue weighted by atomic mass is 10.1. The molecule has 0 heterocycles. The Hall–Kier alpha value is -0.120. The fourth-order valence-corrected chi connectivity index (χ4v) is 1.70. The Bertz CT molecular complexity index is 348. The van der Waals surface area contributed by atoms with Gasteiger partial charge in [0.1, 0.15) is 0 Å². The third-order valence-corrected chi connectivity index (χ3v) is 3.15. The van der Waals surface area contributed by atoms with E-state index in [0.717, 1.165) is 0 Å². The van der Waals surface area contributed by atoms with Crippen LogP contribution in [0.15, 0.2) is 0 Å². The minimum atomic E-state index is -3.04. The summed E-state index contributed by atoms with van der Waals surface area (Å²) in [7, 11) is 0. The van der Waals surface area contributed by atoms with Gasteiger partial charge in [0.2, 0.25) is 0 Å². The Morgan fingerprint density at radius 1 is 1.00 bits per heavy atom. The predicted molar refractivity (Wildman–Crippen MR) is 51.1 cm³/mol. The first-order valence-electron chi connectivity index (χ1n) is 3.48. The number of benzene rings is 1. The maximum atomic E-state index is 13.2. The smallest absolute Gasteiger partial charge is 0.205 e. The van der Waals surface area contributed by atoms with Gasteiger partial charge in [-0.15, -0.1) is 0 Å². The Balaban J connectivity index is 3.60. The first kappa shape index (κ1) is 12.0. The van der Waals surface area contributed by atoms with Crippen LogP contribution in [0.25, 0.3) is 0 Å². The highest BCUT2D eigenvalue weighted by molar-refractivity contribution is 6.44. The predicted octanol–water partition coefficient (Wildman–Crippen LogP) is 5.03. The molecule has 1 aromatic rings. The molecule has 0 unspecified atom stereocenters. The van der Waals surface area contributed by atoms with Crippen LogP contribution in [-0.2, 0) is 0 Å². The minimum Gasteiger partial charge on any atom is -0.205 e. The van der Waals surface area contributed by atoms with E-state index >= 15 is 0 Å². The van der Waals surface area contributed by atoms with Gasteiger partial charge < -0.3 is 0 Å². The standard InChI is InChI=1S/C8H4Cl3F3/c1-2-4(9)6(11)3(8(13)14)7(12)5(2)10/h8H,1H3. The summed E-state index contributed by atoms with van der Waals surface area (Å²) < 4.78 is 37.9. The molecule has 0 atom stereocenters. The second-order valence-electron chi connectivity index (χ2n) is 2.60. The second-order valence-corrected chi connectivity index (χ2v) is 3.73. The molecule has 1 aromatic carbocycles. The summed E-state index contributed by atoms with van der Waals surface area (Å²) >= 11 is 16.5. The van der Waals surface area contributed by atoms with Crippen LogP contribution in [0.2, 0.25) is 15.1 Å². The lowest BCUT2D eigenvalue weighted by Gasteiger charge is -2.11. The molecule has 78 valence electrons. The third kappa shape index (κ3) is 1.81. The molecule has 6 heteroatoms. The molecule has 0 aromatic heterocycles. The average molecular weight is 263 g/mol. The highest BCUT2D eigenvalue weighted by atomic mass is 35.5. The van der Waals surface area contributed by atoms with Crippen molar-refractivity contribution in [3.05, 3.63) is 32.0 Å². The largest absolute Gasteiger partial charge is 0.268 e. The average Bonchev–Trinajstić information content (AvgIpc) is 2.11. The Kier molecular flexibility index (Phi) is 3.56. The normalized spacial score (nSPS) is 11.1. The van der Waals surface area contributed by atoms with E-state index in [2.05, 4.69) is 0 Å². The molecule has 0 spiro atoms. The van der Waals surface area contributed by atoms with E-state index in [1.54, 1.807) is 0 Å². The second kappa shape index (κ2) is 4.17. The summed E-state index contributed by atoms with van der Waals surface area (Å²) in [5.74, 6) is -1.21. The molecule has 14 heavy (non-hydrogen) atoms. The summed E-state index contributed by atoms with van der Waals surface area (Å²) in [5.41, 5.74) is -0.799. The van der Waals surface area contributed by atoms with Crippen molar-refractivity contribution in [2.45, 2.75) is 13.3 Å². The van der Waals surface area contributed by atoms with Crippen LogP contribution >= 0.6 is 34.8 Å². The molecule has 0 saturated carbocycles. The summed E-state index contributed by atoms with van der Waals surface area (Å²) in [4.78, 5) is 0. The van der Waals surface area contributed by atoms with Gasteiger partial charge in [0.15, 0.2) is 5.82 Å². The highest BCUT2D eigenvalue weighted by Crippen LogP contribution is 2.40. The molecule has 0 N–H and O–H groups in total. The molecular formula is C8H4Cl3F3.